The Hall–Kier alpha value is -0.710. The zero-order chi connectivity index (χ0) is 15.0. The minimum absolute atomic E-state index is 0.0690. The molecule has 5 heteroatoms. The van der Waals surface area contributed by atoms with Gasteiger partial charge in [-0.2, -0.15) is 0 Å². The van der Waals surface area contributed by atoms with E-state index in [1.165, 1.54) is 15.3 Å². The van der Waals surface area contributed by atoms with E-state index >= 15 is 0 Å². The minimum atomic E-state index is 0.0690. The summed E-state index contributed by atoms with van der Waals surface area (Å²) in [4.78, 5) is 2.65. The Balaban J connectivity index is 1.99. The van der Waals surface area contributed by atoms with Gasteiger partial charge in [-0.05, 0) is 37.1 Å². The lowest BCUT2D eigenvalue weighted by atomic mass is 10.1. The molecule has 1 aromatic carbocycles. The first-order chi connectivity index (χ1) is 10.1. The standard InChI is InChI=1S/C16H16BrClO2S/c1-9-6-15(21-10(9)2)16(17)11-7-13-14(8-12(11)18)20-5-3-4-19-13/h6-8,16H,3-5H2,1-2H3. The molecule has 0 bridgehead atoms. The topological polar surface area (TPSA) is 18.5 Å². The number of ether oxygens (including phenoxy) is 2. The van der Waals surface area contributed by atoms with E-state index in [4.69, 9.17) is 21.1 Å². The summed E-state index contributed by atoms with van der Waals surface area (Å²) >= 11 is 12.0. The molecule has 0 fully saturated rings. The highest BCUT2D eigenvalue weighted by atomic mass is 79.9. The van der Waals surface area contributed by atoms with Gasteiger partial charge in [-0.15, -0.1) is 11.3 Å². The predicted octanol–water partition coefficient (Wildman–Crippen LogP) is 5.66. The van der Waals surface area contributed by atoms with E-state index in [-0.39, 0.29) is 4.83 Å². The number of benzene rings is 1. The fraction of sp³-hybridized carbons (Fsp3) is 0.375. The first-order valence-corrected chi connectivity index (χ1v) is 8.97. The van der Waals surface area contributed by atoms with Crippen molar-refractivity contribution < 1.29 is 9.47 Å². The number of halogens is 2. The number of fused-ring (bicyclic) bond motifs is 1. The quantitative estimate of drug-likeness (QED) is 0.619. The van der Waals surface area contributed by atoms with E-state index in [9.17, 15) is 0 Å². The first-order valence-electron chi connectivity index (χ1n) is 6.86. The number of rotatable bonds is 2. The van der Waals surface area contributed by atoms with E-state index in [0.29, 0.717) is 18.2 Å². The van der Waals surface area contributed by atoms with Crippen LogP contribution in [0, 0.1) is 13.8 Å². The lowest BCUT2D eigenvalue weighted by Gasteiger charge is -2.14. The predicted molar refractivity (Wildman–Crippen MR) is 91.6 cm³/mol. The van der Waals surface area contributed by atoms with Crippen LogP contribution in [-0.2, 0) is 0 Å². The maximum absolute atomic E-state index is 6.44. The van der Waals surface area contributed by atoms with Crippen LogP contribution in [0.15, 0.2) is 18.2 Å². The Morgan fingerprint density at radius 1 is 1.14 bits per heavy atom. The van der Waals surface area contributed by atoms with Crippen LogP contribution >= 0.6 is 38.9 Å². The van der Waals surface area contributed by atoms with E-state index in [2.05, 4.69) is 35.8 Å². The summed E-state index contributed by atoms with van der Waals surface area (Å²) in [7, 11) is 0. The Morgan fingerprint density at radius 3 is 2.43 bits per heavy atom. The van der Waals surface area contributed by atoms with E-state index in [1.807, 2.05) is 12.1 Å². The molecule has 0 spiro atoms. The molecule has 0 amide bonds. The van der Waals surface area contributed by atoms with E-state index in [1.54, 1.807) is 11.3 Å². The third kappa shape index (κ3) is 3.08. The molecule has 0 N–H and O–H groups in total. The average molecular weight is 388 g/mol. The van der Waals surface area contributed by atoms with E-state index < -0.39 is 0 Å². The molecule has 2 heterocycles. The second-order valence-corrected chi connectivity index (χ2v) is 7.73. The molecule has 3 rings (SSSR count). The third-order valence-electron chi connectivity index (χ3n) is 3.57. The van der Waals surface area contributed by atoms with Crippen molar-refractivity contribution in [2.75, 3.05) is 13.2 Å². The number of thiophene rings is 1. The lowest BCUT2D eigenvalue weighted by Crippen LogP contribution is -1.97. The molecule has 1 aromatic heterocycles. The molecule has 112 valence electrons. The van der Waals surface area contributed by atoms with Crippen molar-refractivity contribution in [3.63, 3.8) is 0 Å². The SMILES string of the molecule is Cc1cc(C(Br)c2cc3c(cc2Cl)OCCCO3)sc1C. The molecule has 1 unspecified atom stereocenters. The second kappa shape index (κ2) is 6.19. The van der Waals surface area contributed by atoms with Gasteiger partial charge in [0.05, 0.1) is 18.0 Å². The van der Waals surface area contributed by atoms with Crippen LogP contribution in [0.2, 0.25) is 5.02 Å². The van der Waals surface area contributed by atoms with Gasteiger partial charge in [0.15, 0.2) is 11.5 Å². The molecule has 21 heavy (non-hydrogen) atoms. The number of hydrogen-bond acceptors (Lipinski definition) is 3. The molecule has 0 saturated heterocycles. The van der Waals surface area contributed by atoms with Crippen molar-refractivity contribution in [2.45, 2.75) is 25.1 Å². The molecule has 1 atom stereocenters. The molecule has 2 aromatic rings. The normalized spacial score (nSPS) is 15.6. The summed E-state index contributed by atoms with van der Waals surface area (Å²) in [6.07, 6.45) is 0.892. The van der Waals surface area contributed by atoms with Crippen molar-refractivity contribution in [2.24, 2.45) is 0 Å². The Morgan fingerprint density at radius 2 is 1.81 bits per heavy atom. The van der Waals surface area contributed by atoms with Crippen LogP contribution in [0.3, 0.4) is 0 Å². The summed E-state index contributed by atoms with van der Waals surface area (Å²) in [5.41, 5.74) is 2.33. The molecule has 0 radical (unpaired) electrons. The fourth-order valence-electron chi connectivity index (χ4n) is 2.27. The van der Waals surface area contributed by atoms with Crippen molar-refractivity contribution in [3.8, 4) is 11.5 Å². The summed E-state index contributed by atoms with van der Waals surface area (Å²) in [5, 5.41) is 0.699. The number of alkyl halides is 1. The number of hydrogen-bond donors (Lipinski definition) is 0. The van der Waals surface area contributed by atoms with Gasteiger partial charge in [0.25, 0.3) is 0 Å². The van der Waals surface area contributed by atoms with Crippen LogP contribution in [-0.4, -0.2) is 13.2 Å². The second-order valence-electron chi connectivity index (χ2n) is 5.12. The van der Waals surface area contributed by atoms with Gasteiger partial charge in [0, 0.05) is 27.3 Å². The highest BCUT2D eigenvalue weighted by Crippen LogP contribution is 2.44. The van der Waals surface area contributed by atoms with Crippen LogP contribution in [0.1, 0.15) is 32.1 Å². The van der Waals surface area contributed by atoms with E-state index in [0.717, 1.165) is 23.5 Å². The zero-order valence-electron chi connectivity index (χ0n) is 11.9. The van der Waals surface area contributed by atoms with Crippen molar-refractivity contribution in [1.29, 1.82) is 0 Å². The summed E-state index contributed by atoms with van der Waals surface area (Å²) in [6.45, 7) is 5.62. The monoisotopic (exact) mass is 386 g/mol. The Bertz CT molecular complexity index is 649. The molecule has 0 aliphatic carbocycles. The molecule has 0 saturated carbocycles. The summed E-state index contributed by atoms with van der Waals surface area (Å²) in [5.74, 6) is 1.51. The highest BCUT2D eigenvalue weighted by Gasteiger charge is 2.21. The maximum atomic E-state index is 6.44. The van der Waals surface area contributed by atoms with Crippen molar-refractivity contribution in [1.82, 2.24) is 0 Å². The van der Waals surface area contributed by atoms with Gasteiger partial charge < -0.3 is 9.47 Å². The van der Waals surface area contributed by atoms with Gasteiger partial charge in [0.2, 0.25) is 0 Å². The molecular formula is C16H16BrClO2S. The maximum Gasteiger partial charge on any atom is 0.162 e. The van der Waals surface area contributed by atoms with Gasteiger partial charge in [-0.3, -0.25) is 0 Å². The Kier molecular flexibility index (Phi) is 4.48. The molecule has 1 aliphatic rings. The fourth-order valence-corrected chi connectivity index (χ4v) is 4.50. The van der Waals surface area contributed by atoms with Crippen LogP contribution in [0.5, 0.6) is 11.5 Å². The van der Waals surface area contributed by atoms with Gasteiger partial charge in [-0.25, -0.2) is 0 Å². The molecular weight excluding hydrogens is 372 g/mol. The number of aryl methyl sites for hydroxylation is 2. The lowest BCUT2D eigenvalue weighted by molar-refractivity contribution is 0.297. The minimum Gasteiger partial charge on any atom is -0.490 e. The van der Waals surface area contributed by atoms with Gasteiger partial charge in [-0.1, -0.05) is 27.5 Å². The van der Waals surface area contributed by atoms with Gasteiger partial charge in [0.1, 0.15) is 0 Å². The van der Waals surface area contributed by atoms with Crippen LogP contribution in [0.4, 0.5) is 0 Å². The van der Waals surface area contributed by atoms with Gasteiger partial charge >= 0.3 is 0 Å². The smallest absolute Gasteiger partial charge is 0.162 e. The molecule has 1 aliphatic heterocycles. The molecule has 2 nitrogen and oxygen atoms in total. The van der Waals surface area contributed by atoms with Crippen molar-refractivity contribution >= 4 is 38.9 Å². The average Bonchev–Trinajstić information content (AvgIpc) is 2.66. The summed E-state index contributed by atoms with van der Waals surface area (Å²) < 4.78 is 11.4. The summed E-state index contributed by atoms with van der Waals surface area (Å²) in [6, 6.07) is 6.06. The van der Waals surface area contributed by atoms with Crippen LogP contribution < -0.4 is 9.47 Å². The van der Waals surface area contributed by atoms with Crippen molar-refractivity contribution in [3.05, 3.63) is 44.1 Å². The van der Waals surface area contributed by atoms with Crippen LogP contribution in [0.25, 0.3) is 0 Å². The third-order valence-corrected chi connectivity index (χ3v) is 6.41. The first kappa shape index (κ1) is 15.2. The zero-order valence-corrected chi connectivity index (χ0v) is 15.1. The largest absolute Gasteiger partial charge is 0.490 e. The Labute approximate surface area is 142 Å². The highest BCUT2D eigenvalue weighted by molar-refractivity contribution is 9.09.